The Kier molecular flexibility index (Phi) is 7.72. The van der Waals surface area contributed by atoms with Crippen LogP contribution in [0.15, 0.2) is 47.4 Å². The summed E-state index contributed by atoms with van der Waals surface area (Å²) in [7, 11) is -3.88. The molecule has 1 heterocycles. The minimum Gasteiger partial charge on any atom is -0.452 e. The second-order valence-corrected chi connectivity index (χ2v) is 10.1. The van der Waals surface area contributed by atoms with Crippen molar-refractivity contribution in [1.29, 1.82) is 0 Å². The average Bonchev–Trinajstić information content (AvgIpc) is 2.78. The molecule has 0 radical (unpaired) electrons. The number of esters is 1. The molecular formula is C22H24ClN3O6S. The van der Waals surface area contributed by atoms with Gasteiger partial charge < -0.3 is 15.8 Å². The number of piperidine rings is 1. The number of carbonyl (C=O) groups is 3. The van der Waals surface area contributed by atoms with Crippen LogP contribution in [0.2, 0.25) is 5.02 Å². The number of ether oxygens (including phenoxy) is 1. The van der Waals surface area contributed by atoms with Gasteiger partial charge >= 0.3 is 5.97 Å². The van der Waals surface area contributed by atoms with Crippen molar-refractivity contribution in [2.45, 2.75) is 24.7 Å². The molecule has 0 aromatic heterocycles. The molecule has 0 spiro atoms. The zero-order valence-electron chi connectivity index (χ0n) is 17.9. The van der Waals surface area contributed by atoms with Crippen LogP contribution in [-0.4, -0.2) is 50.2 Å². The van der Waals surface area contributed by atoms with E-state index in [1.165, 1.54) is 46.8 Å². The van der Waals surface area contributed by atoms with Crippen molar-refractivity contribution in [3.8, 4) is 0 Å². The topological polar surface area (TPSA) is 136 Å². The predicted molar refractivity (Wildman–Crippen MR) is 122 cm³/mol. The molecule has 3 rings (SSSR count). The fourth-order valence-electron chi connectivity index (χ4n) is 3.46. The third-order valence-corrected chi connectivity index (χ3v) is 7.54. The van der Waals surface area contributed by atoms with E-state index in [2.05, 4.69) is 5.32 Å². The normalized spacial score (nSPS) is 16.7. The first-order valence-corrected chi connectivity index (χ1v) is 12.1. The smallest absolute Gasteiger partial charge is 0.338 e. The predicted octanol–water partition coefficient (Wildman–Crippen LogP) is 2.66. The van der Waals surface area contributed by atoms with Crippen LogP contribution in [0.3, 0.4) is 0 Å². The van der Waals surface area contributed by atoms with Gasteiger partial charge in [-0.05, 0) is 61.2 Å². The summed E-state index contributed by atoms with van der Waals surface area (Å²) >= 11 is 6.14. The molecule has 1 fully saturated rings. The number of hydrogen-bond donors (Lipinski definition) is 2. The molecule has 2 aromatic carbocycles. The molecule has 1 aliphatic heterocycles. The molecule has 0 aliphatic carbocycles. The van der Waals surface area contributed by atoms with Gasteiger partial charge in [-0.15, -0.1) is 0 Å². The van der Waals surface area contributed by atoms with Crippen molar-refractivity contribution in [2.24, 2.45) is 11.7 Å². The molecule has 3 N–H and O–H groups in total. The molecule has 2 amide bonds. The fourth-order valence-corrected chi connectivity index (χ4v) is 5.56. The number of nitrogens with two attached hydrogens (primary N) is 1. The molecule has 176 valence electrons. The van der Waals surface area contributed by atoms with Crippen molar-refractivity contribution >= 4 is 45.1 Å². The number of nitrogens with zero attached hydrogens (tertiary/aromatic N) is 1. The van der Waals surface area contributed by atoms with Gasteiger partial charge in [-0.25, -0.2) is 13.2 Å². The largest absolute Gasteiger partial charge is 0.452 e. The van der Waals surface area contributed by atoms with Crippen molar-refractivity contribution in [2.75, 3.05) is 25.0 Å². The Morgan fingerprint density at radius 3 is 2.45 bits per heavy atom. The highest BCUT2D eigenvalue weighted by molar-refractivity contribution is 7.89. The van der Waals surface area contributed by atoms with E-state index in [-0.39, 0.29) is 27.0 Å². The van der Waals surface area contributed by atoms with Gasteiger partial charge in [0.2, 0.25) is 15.9 Å². The Morgan fingerprint density at radius 2 is 1.82 bits per heavy atom. The Hall–Kier alpha value is -2.95. The van der Waals surface area contributed by atoms with E-state index < -0.39 is 34.4 Å². The van der Waals surface area contributed by atoms with Crippen molar-refractivity contribution in [1.82, 2.24) is 4.31 Å². The molecule has 1 saturated heterocycles. The number of carbonyl (C=O) groups excluding carboxylic acids is 3. The maximum Gasteiger partial charge on any atom is 0.338 e. The maximum atomic E-state index is 13.1. The van der Waals surface area contributed by atoms with Crippen molar-refractivity contribution in [3.63, 3.8) is 0 Å². The van der Waals surface area contributed by atoms with Gasteiger partial charge in [-0.1, -0.05) is 18.5 Å². The van der Waals surface area contributed by atoms with E-state index in [0.29, 0.717) is 18.8 Å². The quantitative estimate of drug-likeness (QED) is 0.569. The van der Waals surface area contributed by atoms with Gasteiger partial charge in [0, 0.05) is 24.3 Å². The molecule has 0 saturated carbocycles. The van der Waals surface area contributed by atoms with E-state index >= 15 is 0 Å². The molecule has 0 bridgehead atoms. The van der Waals surface area contributed by atoms with Crippen LogP contribution in [0.25, 0.3) is 0 Å². The summed E-state index contributed by atoms with van der Waals surface area (Å²) in [5.74, 6) is -1.85. The Labute approximate surface area is 196 Å². The Bertz CT molecular complexity index is 1170. The van der Waals surface area contributed by atoms with Gasteiger partial charge in [-0.2, -0.15) is 4.31 Å². The van der Waals surface area contributed by atoms with Gasteiger partial charge in [0.15, 0.2) is 6.61 Å². The van der Waals surface area contributed by atoms with E-state index in [4.69, 9.17) is 22.1 Å². The summed E-state index contributed by atoms with van der Waals surface area (Å²) in [6.45, 7) is 2.16. The summed E-state index contributed by atoms with van der Waals surface area (Å²) in [6, 6.07) is 9.68. The minimum atomic E-state index is -3.88. The summed E-state index contributed by atoms with van der Waals surface area (Å²) in [5.41, 5.74) is 5.79. The van der Waals surface area contributed by atoms with E-state index in [1.807, 2.05) is 6.92 Å². The van der Waals surface area contributed by atoms with Crippen LogP contribution < -0.4 is 11.1 Å². The Balaban J connectivity index is 1.65. The number of rotatable bonds is 7. The van der Waals surface area contributed by atoms with E-state index in [1.54, 1.807) is 0 Å². The zero-order chi connectivity index (χ0) is 24.2. The van der Waals surface area contributed by atoms with Crippen LogP contribution >= 0.6 is 11.6 Å². The number of hydrogen-bond acceptors (Lipinski definition) is 6. The lowest BCUT2D eigenvalue weighted by Gasteiger charge is -2.30. The number of nitrogens with one attached hydrogen (secondary N) is 1. The van der Waals surface area contributed by atoms with E-state index in [9.17, 15) is 22.8 Å². The third-order valence-electron chi connectivity index (χ3n) is 5.19. The summed E-state index contributed by atoms with van der Waals surface area (Å²) in [4.78, 5) is 35.4. The first-order chi connectivity index (χ1) is 15.6. The summed E-state index contributed by atoms with van der Waals surface area (Å²) in [5, 5.41) is 2.52. The summed E-state index contributed by atoms with van der Waals surface area (Å²) < 4.78 is 32.5. The van der Waals surface area contributed by atoms with Crippen LogP contribution in [0.4, 0.5) is 5.69 Å². The highest BCUT2D eigenvalue weighted by atomic mass is 35.5. The van der Waals surface area contributed by atoms with Gasteiger partial charge in [0.25, 0.3) is 5.91 Å². The standard InChI is InChI=1S/C22H24ClN3O6S/c1-14-3-2-10-26(12-14)33(30,31)19-11-16(6-9-18(19)23)22(29)32-13-20(27)25-17-7-4-15(5-8-17)21(24)28/h4-9,11,14H,2-3,10,12-13H2,1H3,(H2,24,28)(H,25,27). The molecular weight excluding hydrogens is 470 g/mol. The molecule has 1 atom stereocenters. The Morgan fingerprint density at radius 1 is 1.15 bits per heavy atom. The van der Waals surface area contributed by atoms with Gasteiger partial charge in [0.05, 0.1) is 10.6 Å². The average molecular weight is 494 g/mol. The molecule has 11 heteroatoms. The monoisotopic (exact) mass is 493 g/mol. The lowest BCUT2D eigenvalue weighted by molar-refractivity contribution is -0.119. The van der Waals surface area contributed by atoms with Crippen LogP contribution in [0.5, 0.6) is 0 Å². The van der Waals surface area contributed by atoms with Crippen molar-refractivity contribution in [3.05, 3.63) is 58.6 Å². The second-order valence-electron chi connectivity index (χ2n) is 7.82. The SMILES string of the molecule is CC1CCCN(S(=O)(=O)c2cc(C(=O)OCC(=O)Nc3ccc(C(N)=O)cc3)ccc2Cl)C1. The van der Waals surface area contributed by atoms with E-state index in [0.717, 1.165) is 12.8 Å². The number of amides is 2. The number of halogens is 1. The second kappa shape index (κ2) is 10.3. The lowest BCUT2D eigenvalue weighted by Crippen LogP contribution is -2.39. The highest BCUT2D eigenvalue weighted by Crippen LogP contribution is 2.29. The van der Waals surface area contributed by atoms with Crippen LogP contribution in [-0.2, 0) is 19.6 Å². The maximum absolute atomic E-state index is 13.1. The first-order valence-electron chi connectivity index (χ1n) is 10.2. The first kappa shape index (κ1) is 24.7. The fraction of sp³-hybridized carbons (Fsp3) is 0.318. The number of primary amides is 1. The lowest BCUT2D eigenvalue weighted by atomic mass is 10.0. The zero-order valence-corrected chi connectivity index (χ0v) is 19.5. The van der Waals surface area contributed by atoms with Crippen LogP contribution in [0, 0.1) is 5.92 Å². The minimum absolute atomic E-state index is 0.00178. The number of anilines is 1. The molecule has 9 nitrogen and oxygen atoms in total. The van der Waals surface area contributed by atoms with Gasteiger partial charge in [0.1, 0.15) is 4.90 Å². The van der Waals surface area contributed by atoms with Gasteiger partial charge in [-0.3, -0.25) is 9.59 Å². The number of sulfonamides is 1. The molecule has 33 heavy (non-hydrogen) atoms. The third kappa shape index (κ3) is 6.10. The number of benzene rings is 2. The molecule has 1 unspecified atom stereocenters. The molecule has 2 aromatic rings. The highest BCUT2D eigenvalue weighted by Gasteiger charge is 2.31. The van der Waals surface area contributed by atoms with Crippen LogP contribution in [0.1, 0.15) is 40.5 Å². The van der Waals surface area contributed by atoms with Crippen molar-refractivity contribution < 1.29 is 27.5 Å². The summed E-state index contributed by atoms with van der Waals surface area (Å²) in [6.07, 6.45) is 1.70. The molecule has 1 aliphatic rings.